The molecule has 0 radical (unpaired) electrons. The fourth-order valence-corrected chi connectivity index (χ4v) is 2.40. The molecular weight excluding hydrogens is 232 g/mol. The van der Waals surface area contributed by atoms with Crippen molar-refractivity contribution in [3.05, 3.63) is 18.1 Å². The van der Waals surface area contributed by atoms with Crippen molar-refractivity contribution in [3.63, 3.8) is 0 Å². The van der Waals surface area contributed by atoms with Crippen LogP contribution in [0.3, 0.4) is 0 Å². The van der Waals surface area contributed by atoms with Gasteiger partial charge >= 0.3 is 5.97 Å². The third kappa shape index (κ3) is 2.43. The summed E-state index contributed by atoms with van der Waals surface area (Å²) in [6.07, 6.45) is 2.85. The van der Waals surface area contributed by atoms with E-state index in [1.807, 2.05) is 0 Å². The second kappa shape index (κ2) is 4.89. The molecule has 1 aliphatic rings. The number of aromatic nitrogens is 2. The molecule has 6 nitrogen and oxygen atoms in total. The molecule has 0 bridgehead atoms. The third-order valence-corrected chi connectivity index (χ3v) is 3.42. The van der Waals surface area contributed by atoms with Gasteiger partial charge in [0.15, 0.2) is 5.69 Å². The molecule has 98 valence electrons. The maximum atomic E-state index is 10.7. The Kier molecular flexibility index (Phi) is 3.47. The molecule has 1 aromatic rings. The molecule has 6 heteroatoms. The van der Waals surface area contributed by atoms with Crippen LogP contribution in [0.2, 0.25) is 0 Å². The number of hydrogen-bond acceptors (Lipinski definition) is 5. The van der Waals surface area contributed by atoms with Gasteiger partial charge in [0.25, 0.3) is 0 Å². The van der Waals surface area contributed by atoms with E-state index in [-0.39, 0.29) is 5.69 Å². The smallest absolute Gasteiger partial charge is 0.356 e. The first-order valence-corrected chi connectivity index (χ1v) is 5.95. The molecule has 0 amide bonds. The first-order valence-electron chi connectivity index (χ1n) is 5.95. The predicted molar refractivity (Wildman–Crippen MR) is 67.8 cm³/mol. The number of carboxylic acids is 1. The second-order valence-corrected chi connectivity index (χ2v) is 4.98. The standard InChI is InChI=1S/C12H18N4O2/c1-8-6-16(7-10(8)15(2)3)11-5-13-9(4-14-11)12(17)18/h4-5,8,10H,6-7H2,1-3H3,(H,17,18). The lowest BCUT2D eigenvalue weighted by Gasteiger charge is -2.22. The number of rotatable bonds is 3. The van der Waals surface area contributed by atoms with Crippen LogP contribution in [0.4, 0.5) is 5.82 Å². The molecule has 2 rings (SSSR count). The van der Waals surface area contributed by atoms with E-state index in [4.69, 9.17) is 5.11 Å². The Morgan fingerprint density at radius 2 is 2.11 bits per heavy atom. The van der Waals surface area contributed by atoms with Gasteiger partial charge < -0.3 is 14.9 Å². The Bertz CT molecular complexity index is 432. The first kappa shape index (κ1) is 12.8. The lowest BCUT2D eigenvalue weighted by atomic mass is 10.1. The topological polar surface area (TPSA) is 69.6 Å². The number of likely N-dealkylation sites (N-methyl/N-ethyl adjacent to an activating group) is 1. The van der Waals surface area contributed by atoms with Crippen molar-refractivity contribution in [3.8, 4) is 0 Å². The Labute approximate surface area is 106 Å². The summed E-state index contributed by atoms with van der Waals surface area (Å²) >= 11 is 0. The van der Waals surface area contributed by atoms with Gasteiger partial charge in [-0.15, -0.1) is 0 Å². The van der Waals surface area contributed by atoms with Crippen molar-refractivity contribution < 1.29 is 9.90 Å². The predicted octanol–water partition coefficient (Wildman–Crippen LogP) is 0.561. The zero-order chi connectivity index (χ0) is 13.3. The van der Waals surface area contributed by atoms with E-state index in [1.165, 1.54) is 12.4 Å². The summed E-state index contributed by atoms with van der Waals surface area (Å²) in [7, 11) is 4.15. The van der Waals surface area contributed by atoms with Crippen LogP contribution in [0.15, 0.2) is 12.4 Å². The van der Waals surface area contributed by atoms with Crippen LogP contribution in [-0.2, 0) is 0 Å². The summed E-state index contributed by atoms with van der Waals surface area (Å²) in [5.74, 6) is 0.257. The van der Waals surface area contributed by atoms with E-state index in [9.17, 15) is 4.79 Å². The summed E-state index contributed by atoms with van der Waals surface area (Å²) in [6.45, 7) is 4.03. The number of anilines is 1. The second-order valence-electron chi connectivity index (χ2n) is 4.98. The lowest BCUT2D eigenvalue weighted by molar-refractivity contribution is 0.0690. The molecular formula is C12H18N4O2. The first-order chi connectivity index (χ1) is 8.49. The van der Waals surface area contributed by atoms with Crippen molar-refractivity contribution in [1.29, 1.82) is 0 Å². The van der Waals surface area contributed by atoms with Crippen molar-refractivity contribution in [2.45, 2.75) is 13.0 Å². The Hall–Kier alpha value is -1.69. The molecule has 1 fully saturated rings. The number of carboxylic acid groups (broad SMARTS) is 1. The Balaban J connectivity index is 2.11. The van der Waals surface area contributed by atoms with Gasteiger partial charge in [0.2, 0.25) is 0 Å². The number of aromatic carboxylic acids is 1. The number of carbonyl (C=O) groups is 1. The molecule has 1 N–H and O–H groups in total. The van der Waals surface area contributed by atoms with Crippen LogP contribution in [0, 0.1) is 5.92 Å². The average molecular weight is 250 g/mol. The Morgan fingerprint density at radius 1 is 1.39 bits per heavy atom. The molecule has 0 aliphatic carbocycles. The summed E-state index contributed by atoms with van der Waals surface area (Å²) in [5.41, 5.74) is -0.0184. The maximum absolute atomic E-state index is 10.7. The highest BCUT2D eigenvalue weighted by molar-refractivity contribution is 5.84. The van der Waals surface area contributed by atoms with Crippen LogP contribution >= 0.6 is 0 Å². The van der Waals surface area contributed by atoms with E-state index in [1.54, 1.807) is 0 Å². The minimum Gasteiger partial charge on any atom is -0.476 e. The molecule has 2 atom stereocenters. The minimum absolute atomic E-state index is 0.0184. The van der Waals surface area contributed by atoms with Gasteiger partial charge in [-0.25, -0.2) is 14.8 Å². The van der Waals surface area contributed by atoms with Crippen LogP contribution in [0.1, 0.15) is 17.4 Å². The number of hydrogen-bond donors (Lipinski definition) is 1. The van der Waals surface area contributed by atoms with Gasteiger partial charge in [0, 0.05) is 19.1 Å². The fraction of sp³-hybridized carbons (Fsp3) is 0.583. The van der Waals surface area contributed by atoms with Crippen LogP contribution < -0.4 is 4.90 Å². The number of nitrogens with zero attached hydrogens (tertiary/aromatic N) is 4. The van der Waals surface area contributed by atoms with Crippen LogP contribution in [0.25, 0.3) is 0 Å². The molecule has 0 saturated carbocycles. The maximum Gasteiger partial charge on any atom is 0.356 e. The summed E-state index contributed by atoms with van der Waals surface area (Å²) in [6, 6.07) is 0.492. The van der Waals surface area contributed by atoms with Crippen molar-refractivity contribution in [2.24, 2.45) is 5.92 Å². The zero-order valence-corrected chi connectivity index (χ0v) is 10.9. The van der Waals surface area contributed by atoms with Gasteiger partial charge in [0.05, 0.1) is 12.4 Å². The normalized spacial score (nSPS) is 23.7. The molecule has 1 saturated heterocycles. The molecule has 0 aromatic carbocycles. The van der Waals surface area contributed by atoms with Gasteiger partial charge in [-0.2, -0.15) is 0 Å². The molecule has 2 unspecified atom stereocenters. The van der Waals surface area contributed by atoms with Crippen molar-refractivity contribution in [2.75, 3.05) is 32.1 Å². The summed E-state index contributed by atoms with van der Waals surface area (Å²) in [4.78, 5) is 23.1. The molecule has 18 heavy (non-hydrogen) atoms. The zero-order valence-electron chi connectivity index (χ0n) is 10.9. The monoisotopic (exact) mass is 250 g/mol. The van der Waals surface area contributed by atoms with E-state index >= 15 is 0 Å². The molecule has 0 spiro atoms. The van der Waals surface area contributed by atoms with Crippen molar-refractivity contribution in [1.82, 2.24) is 14.9 Å². The van der Waals surface area contributed by atoms with Crippen molar-refractivity contribution >= 4 is 11.8 Å². The fourth-order valence-electron chi connectivity index (χ4n) is 2.40. The van der Waals surface area contributed by atoms with E-state index in [0.717, 1.165) is 18.9 Å². The highest BCUT2D eigenvalue weighted by Crippen LogP contribution is 2.23. The van der Waals surface area contributed by atoms with Gasteiger partial charge in [0.1, 0.15) is 5.82 Å². The molecule has 1 aliphatic heterocycles. The average Bonchev–Trinajstić information content (AvgIpc) is 2.71. The van der Waals surface area contributed by atoms with E-state index in [2.05, 4.69) is 40.8 Å². The van der Waals surface area contributed by atoms with Crippen LogP contribution in [-0.4, -0.2) is 59.2 Å². The van der Waals surface area contributed by atoms with Gasteiger partial charge in [-0.1, -0.05) is 6.92 Å². The third-order valence-electron chi connectivity index (χ3n) is 3.42. The van der Waals surface area contributed by atoms with Crippen LogP contribution in [0.5, 0.6) is 0 Å². The molecule has 1 aromatic heterocycles. The quantitative estimate of drug-likeness (QED) is 0.845. The summed E-state index contributed by atoms with van der Waals surface area (Å²) in [5, 5.41) is 8.78. The Morgan fingerprint density at radius 3 is 2.56 bits per heavy atom. The highest BCUT2D eigenvalue weighted by Gasteiger charge is 2.31. The minimum atomic E-state index is -1.05. The lowest BCUT2D eigenvalue weighted by Crippen LogP contribution is -2.34. The SMILES string of the molecule is CC1CN(c2cnc(C(=O)O)cn2)CC1N(C)C. The largest absolute Gasteiger partial charge is 0.476 e. The molecule has 2 heterocycles. The van der Waals surface area contributed by atoms with E-state index < -0.39 is 5.97 Å². The van der Waals surface area contributed by atoms with Gasteiger partial charge in [-0.3, -0.25) is 0 Å². The highest BCUT2D eigenvalue weighted by atomic mass is 16.4. The van der Waals surface area contributed by atoms with Gasteiger partial charge in [-0.05, 0) is 20.0 Å². The van der Waals surface area contributed by atoms with E-state index in [0.29, 0.717) is 12.0 Å². The summed E-state index contributed by atoms with van der Waals surface area (Å²) < 4.78 is 0.